The van der Waals surface area contributed by atoms with E-state index in [9.17, 15) is 4.79 Å². The first-order valence-electron chi connectivity index (χ1n) is 6.42. The molecule has 1 aliphatic rings. The van der Waals surface area contributed by atoms with Crippen molar-refractivity contribution in [3.05, 3.63) is 23.8 Å². The number of carbonyl (C=O) groups excluding carboxylic acids is 1. The minimum absolute atomic E-state index is 0.113. The van der Waals surface area contributed by atoms with Crippen molar-refractivity contribution < 1.29 is 9.53 Å². The fraction of sp³-hybridized carbons (Fsp3) is 0.500. The number of hydrogen-bond donors (Lipinski definition) is 2. The zero-order valence-electron chi connectivity index (χ0n) is 10.7. The Kier molecular flexibility index (Phi) is 4.07. The first-order chi connectivity index (χ1) is 8.70. The van der Waals surface area contributed by atoms with Gasteiger partial charge < -0.3 is 15.8 Å². The van der Waals surface area contributed by atoms with Crippen LogP contribution in [0.15, 0.2) is 18.2 Å². The average Bonchev–Trinajstić information content (AvgIpc) is 2.32. The summed E-state index contributed by atoms with van der Waals surface area (Å²) >= 11 is 0. The molecule has 1 fully saturated rings. The molecule has 98 valence electrons. The van der Waals surface area contributed by atoms with Gasteiger partial charge in [0.15, 0.2) is 0 Å². The monoisotopic (exact) mass is 248 g/mol. The summed E-state index contributed by atoms with van der Waals surface area (Å²) in [5.41, 5.74) is 6.77. The highest BCUT2D eigenvalue weighted by molar-refractivity contribution is 5.97. The van der Waals surface area contributed by atoms with Crippen LogP contribution in [-0.4, -0.2) is 19.6 Å². The van der Waals surface area contributed by atoms with E-state index in [0.29, 0.717) is 17.0 Å². The van der Waals surface area contributed by atoms with Crippen LogP contribution in [0.1, 0.15) is 36.0 Å². The van der Waals surface area contributed by atoms with Crippen LogP contribution in [0.25, 0.3) is 0 Å². The van der Waals surface area contributed by atoms with Gasteiger partial charge in [-0.3, -0.25) is 4.79 Å². The zero-order valence-corrected chi connectivity index (χ0v) is 10.7. The third-order valence-electron chi connectivity index (χ3n) is 3.53. The van der Waals surface area contributed by atoms with E-state index < -0.39 is 0 Å². The smallest absolute Gasteiger partial charge is 0.255 e. The van der Waals surface area contributed by atoms with E-state index in [-0.39, 0.29) is 5.91 Å². The Hall–Kier alpha value is -1.71. The molecule has 0 radical (unpaired) electrons. The van der Waals surface area contributed by atoms with Crippen molar-refractivity contribution in [2.24, 2.45) is 5.92 Å². The number of rotatable bonds is 5. The molecule has 4 nitrogen and oxygen atoms in total. The summed E-state index contributed by atoms with van der Waals surface area (Å²) in [6.07, 6.45) is 5.01. The van der Waals surface area contributed by atoms with Crippen molar-refractivity contribution in [2.75, 3.05) is 19.4 Å². The van der Waals surface area contributed by atoms with Gasteiger partial charge in [-0.15, -0.1) is 0 Å². The maximum Gasteiger partial charge on any atom is 0.255 e. The molecular formula is C14H20N2O2. The lowest BCUT2D eigenvalue weighted by Gasteiger charge is -2.25. The van der Waals surface area contributed by atoms with Gasteiger partial charge in [-0.2, -0.15) is 0 Å². The third-order valence-corrected chi connectivity index (χ3v) is 3.53. The quantitative estimate of drug-likeness (QED) is 0.785. The van der Waals surface area contributed by atoms with Crippen molar-refractivity contribution in [1.82, 2.24) is 5.32 Å². The van der Waals surface area contributed by atoms with Crippen LogP contribution >= 0.6 is 0 Å². The van der Waals surface area contributed by atoms with E-state index >= 15 is 0 Å². The van der Waals surface area contributed by atoms with Gasteiger partial charge in [0.2, 0.25) is 0 Å². The molecule has 0 heterocycles. The van der Waals surface area contributed by atoms with Gasteiger partial charge in [-0.1, -0.05) is 19.3 Å². The van der Waals surface area contributed by atoms with Crippen molar-refractivity contribution in [1.29, 1.82) is 0 Å². The van der Waals surface area contributed by atoms with Gasteiger partial charge in [-0.25, -0.2) is 0 Å². The van der Waals surface area contributed by atoms with Crippen molar-refractivity contribution in [3.63, 3.8) is 0 Å². The van der Waals surface area contributed by atoms with E-state index in [1.54, 1.807) is 25.3 Å². The van der Waals surface area contributed by atoms with Crippen LogP contribution in [0.2, 0.25) is 0 Å². The van der Waals surface area contributed by atoms with Crippen molar-refractivity contribution in [3.8, 4) is 5.75 Å². The molecule has 0 aromatic heterocycles. The second kappa shape index (κ2) is 5.76. The Balaban J connectivity index is 1.92. The average molecular weight is 248 g/mol. The summed E-state index contributed by atoms with van der Waals surface area (Å²) < 4.78 is 5.16. The number of nitrogens with two attached hydrogens (primary N) is 1. The molecule has 1 aromatic rings. The molecule has 2 rings (SSSR count). The largest absolute Gasteiger partial charge is 0.496 e. The second-order valence-corrected chi connectivity index (χ2v) is 4.80. The molecular weight excluding hydrogens is 228 g/mol. The minimum Gasteiger partial charge on any atom is -0.496 e. The second-order valence-electron chi connectivity index (χ2n) is 4.80. The van der Waals surface area contributed by atoms with Crippen LogP contribution in [0, 0.1) is 5.92 Å². The summed E-state index contributed by atoms with van der Waals surface area (Å²) in [4.78, 5) is 12.0. The van der Waals surface area contributed by atoms with E-state index in [2.05, 4.69) is 5.32 Å². The summed E-state index contributed by atoms with van der Waals surface area (Å²) in [5.74, 6) is 1.25. The summed E-state index contributed by atoms with van der Waals surface area (Å²) in [5, 5.41) is 2.93. The minimum atomic E-state index is -0.113. The molecule has 0 aliphatic heterocycles. The highest BCUT2D eigenvalue weighted by Gasteiger charge is 2.18. The number of nitrogens with one attached hydrogen (secondary N) is 1. The van der Waals surface area contributed by atoms with Gasteiger partial charge in [0, 0.05) is 12.2 Å². The predicted octanol–water partition coefficient (Wildman–Crippen LogP) is 2.20. The topological polar surface area (TPSA) is 64.3 Å². The molecule has 0 saturated heterocycles. The van der Waals surface area contributed by atoms with Crippen LogP contribution in [-0.2, 0) is 0 Å². The number of benzene rings is 1. The molecule has 4 heteroatoms. The first-order valence-corrected chi connectivity index (χ1v) is 6.42. The van der Waals surface area contributed by atoms with E-state index in [1.807, 2.05) is 0 Å². The summed E-state index contributed by atoms with van der Waals surface area (Å²) in [7, 11) is 1.55. The molecule has 0 unspecified atom stereocenters. The summed E-state index contributed by atoms with van der Waals surface area (Å²) in [6.45, 7) is 0.724. The zero-order chi connectivity index (χ0) is 13.0. The van der Waals surface area contributed by atoms with Gasteiger partial charge in [0.05, 0.1) is 12.7 Å². The maximum absolute atomic E-state index is 12.0. The molecule has 0 bridgehead atoms. The molecule has 1 amide bonds. The molecule has 1 aliphatic carbocycles. The Morgan fingerprint density at radius 1 is 1.50 bits per heavy atom. The number of carbonyl (C=O) groups is 1. The number of amides is 1. The Morgan fingerprint density at radius 2 is 2.28 bits per heavy atom. The molecule has 0 spiro atoms. The summed E-state index contributed by atoms with van der Waals surface area (Å²) in [6, 6.07) is 5.09. The van der Waals surface area contributed by atoms with Gasteiger partial charge >= 0.3 is 0 Å². The lowest BCUT2D eigenvalue weighted by molar-refractivity contribution is 0.0946. The number of methoxy groups -OCH3 is 1. The van der Waals surface area contributed by atoms with Gasteiger partial charge in [0.1, 0.15) is 5.75 Å². The van der Waals surface area contributed by atoms with Crippen LogP contribution in [0.3, 0.4) is 0 Å². The third kappa shape index (κ3) is 2.94. The lowest BCUT2D eigenvalue weighted by atomic mass is 9.83. The SMILES string of the molecule is COc1ccc(N)cc1C(=O)NCCC1CCC1. The van der Waals surface area contributed by atoms with Crippen LogP contribution in [0.4, 0.5) is 5.69 Å². The maximum atomic E-state index is 12.0. The van der Waals surface area contributed by atoms with Crippen molar-refractivity contribution >= 4 is 11.6 Å². The molecule has 1 saturated carbocycles. The fourth-order valence-electron chi connectivity index (χ4n) is 2.17. The van der Waals surface area contributed by atoms with Gasteiger partial charge in [-0.05, 0) is 30.5 Å². The predicted molar refractivity (Wildman–Crippen MR) is 71.7 cm³/mol. The van der Waals surface area contributed by atoms with E-state index in [0.717, 1.165) is 18.9 Å². The lowest BCUT2D eigenvalue weighted by Crippen LogP contribution is -2.27. The normalized spacial score (nSPS) is 14.9. The number of hydrogen-bond acceptors (Lipinski definition) is 3. The highest BCUT2D eigenvalue weighted by atomic mass is 16.5. The van der Waals surface area contributed by atoms with Crippen LogP contribution < -0.4 is 15.8 Å². The van der Waals surface area contributed by atoms with Crippen LogP contribution in [0.5, 0.6) is 5.75 Å². The first kappa shape index (κ1) is 12.7. The highest BCUT2D eigenvalue weighted by Crippen LogP contribution is 2.28. The Bertz CT molecular complexity index is 428. The van der Waals surface area contributed by atoms with E-state index in [1.165, 1.54) is 19.3 Å². The Morgan fingerprint density at radius 3 is 2.89 bits per heavy atom. The van der Waals surface area contributed by atoms with Crippen molar-refractivity contribution in [2.45, 2.75) is 25.7 Å². The number of anilines is 1. The number of ether oxygens (including phenoxy) is 1. The standard InChI is InChI=1S/C14H20N2O2/c1-18-13-6-5-11(15)9-12(13)14(17)16-8-7-10-3-2-4-10/h5-6,9-10H,2-4,7-8,15H2,1H3,(H,16,17). The Labute approximate surface area is 108 Å². The fourth-order valence-corrected chi connectivity index (χ4v) is 2.17. The number of nitrogen functional groups attached to an aromatic ring is 1. The van der Waals surface area contributed by atoms with Gasteiger partial charge in [0.25, 0.3) is 5.91 Å². The molecule has 3 N–H and O–H groups in total. The molecule has 1 aromatic carbocycles. The molecule has 18 heavy (non-hydrogen) atoms. The molecule has 0 atom stereocenters. The van der Waals surface area contributed by atoms with E-state index in [4.69, 9.17) is 10.5 Å².